The van der Waals surface area contributed by atoms with E-state index in [-0.39, 0.29) is 29.1 Å². The van der Waals surface area contributed by atoms with Gasteiger partial charge in [0.25, 0.3) is 5.91 Å². The minimum atomic E-state index is -1.57. The van der Waals surface area contributed by atoms with Crippen molar-refractivity contribution in [2.45, 2.75) is 44.6 Å². The molecular weight excluding hydrogens is 345 g/mol. The maximum atomic E-state index is 13.7. The molecule has 1 aliphatic carbocycles. The van der Waals surface area contributed by atoms with Crippen LogP contribution >= 0.6 is 0 Å². The highest BCUT2D eigenvalue weighted by Crippen LogP contribution is 2.22. The van der Waals surface area contributed by atoms with E-state index in [1.807, 2.05) is 0 Å². The van der Waals surface area contributed by atoms with Gasteiger partial charge in [0.1, 0.15) is 11.5 Å². The van der Waals surface area contributed by atoms with Gasteiger partial charge in [-0.05, 0) is 25.0 Å². The zero-order valence-electron chi connectivity index (χ0n) is 14.1. The Hall–Kier alpha value is -2.64. The van der Waals surface area contributed by atoms with E-state index >= 15 is 0 Å². The molecule has 2 N–H and O–H groups in total. The molecule has 0 bridgehead atoms. The van der Waals surface area contributed by atoms with Gasteiger partial charge in [0.2, 0.25) is 0 Å². The summed E-state index contributed by atoms with van der Waals surface area (Å²) in [5.74, 6) is -4.38. The van der Waals surface area contributed by atoms with Gasteiger partial charge in [-0.15, -0.1) is 0 Å². The molecule has 8 heteroatoms. The summed E-state index contributed by atoms with van der Waals surface area (Å²) in [6.45, 7) is 0. The van der Waals surface area contributed by atoms with Gasteiger partial charge in [-0.3, -0.25) is 4.79 Å². The Labute approximate surface area is 149 Å². The molecule has 0 saturated heterocycles. The van der Waals surface area contributed by atoms with E-state index in [1.54, 1.807) is 0 Å². The molecule has 1 saturated carbocycles. The molecule has 2 aromatic rings. The first-order valence-corrected chi connectivity index (χ1v) is 8.58. The third-order valence-corrected chi connectivity index (χ3v) is 4.37. The summed E-state index contributed by atoms with van der Waals surface area (Å²) in [7, 11) is 0. The lowest BCUT2D eigenvalue weighted by atomic mass is 10.1. The Morgan fingerprint density at radius 2 is 1.69 bits per heavy atom. The van der Waals surface area contributed by atoms with Gasteiger partial charge in [0.05, 0.1) is 18.1 Å². The Bertz CT molecular complexity index is 775. The second-order valence-electron chi connectivity index (χ2n) is 6.30. The van der Waals surface area contributed by atoms with Gasteiger partial charge >= 0.3 is 0 Å². The monoisotopic (exact) mass is 364 g/mol. The van der Waals surface area contributed by atoms with E-state index in [0.29, 0.717) is 0 Å². The van der Waals surface area contributed by atoms with E-state index < -0.39 is 17.5 Å². The normalized spacial score (nSPS) is 15.3. The SMILES string of the molecule is O=C(NC1CCCCCC1)c1cnc(Nc2ccc(F)c(F)c2F)cn1. The second kappa shape index (κ2) is 8.16. The molecule has 1 amide bonds. The fraction of sp³-hybridized carbons (Fsp3) is 0.389. The minimum Gasteiger partial charge on any atom is -0.348 e. The largest absolute Gasteiger partial charge is 0.348 e. The molecule has 5 nitrogen and oxygen atoms in total. The fourth-order valence-electron chi connectivity index (χ4n) is 2.95. The van der Waals surface area contributed by atoms with Crippen LogP contribution in [0.3, 0.4) is 0 Å². The molecule has 0 aliphatic heterocycles. The first kappa shape index (κ1) is 18.2. The highest BCUT2D eigenvalue weighted by atomic mass is 19.2. The van der Waals surface area contributed by atoms with E-state index in [4.69, 9.17) is 0 Å². The number of aromatic nitrogens is 2. The van der Waals surface area contributed by atoms with E-state index in [9.17, 15) is 18.0 Å². The average molecular weight is 364 g/mol. The summed E-state index contributed by atoms with van der Waals surface area (Å²) in [4.78, 5) is 20.2. The van der Waals surface area contributed by atoms with E-state index in [0.717, 1.165) is 37.8 Å². The van der Waals surface area contributed by atoms with Crippen molar-refractivity contribution in [2.24, 2.45) is 0 Å². The fourth-order valence-corrected chi connectivity index (χ4v) is 2.95. The van der Waals surface area contributed by atoms with Crippen LogP contribution in [0.5, 0.6) is 0 Å². The first-order valence-electron chi connectivity index (χ1n) is 8.58. The Balaban J connectivity index is 1.64. The van der Waals surface area contributed by atoms with Gasteiger partial charge in [0.15, 0.2) is 17.5 Å². The van der Waals surface area contributed by atoms with Crippen LogP contribution in [0.1, 0.15) is 49.0 Å². The zero-order chi connectivity index (χ0) is 18.5. The number of benzene rings is 1. The summed E-state index contributed by atoms with van der Waals surface area (Å²) in [6.07, 6.45) is 8.97. The van der Waals surface area contributed by atoms with Crippen molar-refractivity contribution in [3.8, 4) is 0 Å². The van der Waals surface area contributed by atoms with Crippen LogP contribution in [-0.4, -0.2) is 21.9 Å². The van der Waals surface area contributed by atoms with Crippen molar-refractivity contribution in [2.75, 3.05) is 5.32 Å². The number of hydrogen-bond donors (Lipinski definition) is 2. The number of nitrogens with zero attached hydrogens (tertiary/aromatic N) is 2. The van der Waals surface area contributed by atoms with Gasteiger partial charge < -0.3 is 10.6 Å². The van der Waals surface area contributed by atoms with Crippen molar-refractivity contribution in [3.63, 3.8) is 0 Å². The first-order chi connectivity index (χ1) is 12.5. The molecule has 1 fully saturated rings. The predicted octanol–water partition coefficient (Wildman–Crippen LogP) is 4.09. The number of nitrogens with one attached hydrogen (secondary N) is 2. The third-order valence-electron chi connectivity index (χ3n) is 4.37. The molecule has 0 unspecified atom stereocenters. The smallest absolute Gasteiger partial charge is 0.271 e. The summed E-state index contributed by atoms with van der Waals surface area (Å²) >= 11 is 0. The third kappa shape index (κ3) is 4.30. The van der Waals surface area contributed by atoms with E-state index in [2.05, 4.69) is 20.6 Å². The molecule has 1 aliphatic rings. The number of carbonyl (C=O) groups is 1. The van der Waals surface area contributed by atoms with Gasteiger partial charge in [-0.25, -0.2) is 23.1 Å². The van der Waals surface area contributed by atoms with Crippen molar-refractivity contribution >= 4 is 17.4 Å². The van der Waals surface area contributed by atoms with Crippen LogP contribution in [-0.2, 0) is 0 Å². The highest BCUT2D eigenvalue weighted by molar-refractivity contribution is 5.92. The van der Waals surface area contributed by atoms with E-state index in [1.165, 1.54) is 25.2 Å². The topological polar surface area (TPSA) is 66.9 Å². The van der Waals surface area contributed by atoms with Gasteiger partial charge in [0, 0.05) is 6.04 Å². The second-order valence-corrected chi connectivity index (χ2v) is 6.30. The molecule has 1 aromatic heterocycles. The molecular formula is C18H19F3N4O. The van der Waals surface area contributed by atoms with Crippen LogP contribution < -0.4 is 10.6 Å². The molecule has 138 valence electrons. The number of rotatable bonds is 4. The Morgan fingerprint density at radius 3 is 2.35 bits per heavy atom. The minimum absolute atomic E-state index is 0.112. The van der Waals surface area contributed by atoms with Gasteiger partial charge in [-0.2, -0.15) is 0 Å². The molecule has 0 radical (unpaired) electrons. The maximum Gasteiger partial charge on any atom is 0.271 e. The van der Waals surface area contributed by atoms with Crippen LogP contribution in [0.15, 0.2) is 24.5 Å². The predicted molar refractivity (Wildman–Crippen MR) is 90.6 cm³/mol. The van der Waals surface area contributed by atoms with Crippen molar-refractivity contribution in [1.82, 2.24) is 15.3 Å². The summed E-state index contributed by atoms with van der Waals surface area (Å²) in [5, 5.41) is 5.46. The summed E-state index contributed by atoms with van der Waals surface area (Å²) < 4.78 is 39.8. The molecule has 3 rings (SSSR count). The zero-order valence-corrected chi connectivity index (χ0v) is 14.1. The molecule has 0 spiro atoms. The number of carbonyl (C=O) groups excluding carboxylic acids is 1. The molecule has 0 atom stereocenters. The average Bonchev–Trinajstić information content (AvgIpc) is 2.91. The van der Waals surface area contributed by atoms with Crippen LogP contribution in [0.25, 0.3) is 0 Å². The number of amides is 1. The van der Waals surface area contributed by atoms with Gasteiger partial charge in [-0.1, -0.05) is 25.7 Å². The molecule has 1 heterocycles. The standard InChI is InChI=1S/C18H19F3N4O/c19-12-7-8-13(17(21)16(12)20)25-15-10-22-14(9-23-15)18(26)24-11-5-3-1-2-4-6-11/h7-11H,1-6H2,(H,23,25)(H,24,26). The Morgan fingerprint density at radius 1 is 0.962 bits per heavy atom. The number of anilines is 2. The maximum absolute atomic E-state index is 13.7. The Kier molecular flexibility index (Phi) is 5.70. The quantitative estimate of drug-likeness (QED) is 0.633. The van der Waals surface area contributed by atoms with Crippen molar-refractivity contribution < 1.29 is 18.0 Å². The summed E-state index contributed by atoms with van der Waals surface area (Å²) in [6, 6.07) is 2.01. The van der Waals surface area contributed by atoms with Crippen LogP contribution in [0.2, 0.25) is 0 Å². The van der Waals surface area contributed by atoms with Crippen molar-refractivity contribution in [1.29, 1.82) is 0 Å². The lowest BCUT2D eigenvalue weighted by Crippen LogP contribution is -2.34. The number of halogens is 3. The number of hydrogen-bond acceptors (Lipinski definition) is 4. The summed E-state index contributed by atoms with van der Waals surface area (Å²) in [5.41, 5.74) is -0.126. The van der Waals surface area contributed by atoms with Crippen LogP contribution in [0, 0.1) is 17.5 Å². The van der Waals surface area contributed by atoms with Crippen molar-refractivity contribution in [3.05, 3.63) is 47.7 Å². The lowest BCUT2D eigenvalue weighted by Gasteiger charge is -2.15. The molecule has 1 aromatic carbocycles. The lowest BCUT2D eigenvalue weighted by molar-refractivity contribution is 0.0928. The highest BCUT2D eigenvalue weighted by Gasteiger charge is 2.17. The molecule has 26 heavy (non-hydrogen) atoms. The van der Waals surface area contributed by atoms with Crippen LogP contribution in [0.4, 0.5) is 24.7 Å².